The second kappa shape index (κ2) is 6.80. The van der Waals surface area contributed by atoms with Crippen LogP contribution in [-0.2, 0) is 19.1 Å². The largest absolute Gasteiger partial charge is 0.428 e. The van der Waals surface area contributed by atoms with Crippen LogP contribution in [-0.4, -0.2) is 31.2 Å². The normalized spacial score (nSPS) is 9.60. The molecule has 0 saturated carbocycles. The Labute approximate surface area is 87.9 Å². The van der Waals surface area contributed by atoms with E-state index in [0.717, 1.165) is 0 Å². The van der Waals surface area contributed by atoms with Gasteiger partial charge in [0.15, 0.2) is 5.78 Å². The Balaban J connectivity index is 3.55. The molecule has 0 saturated heterocycles. The van der Waals surface area contributed by atoms with Crippen LogP contribution in [0.5, 0.6) is 0 Å². The third-order valence-electron chi connectivity index (χ3n) is 1.29. The molecule has 0 unspecified atom stereocenters. The fourth-order valence-electron chi connectivity index (χ4n) is 0.530. The van der Waals surface area contributed by atoms with Crippen LogP contribution >= 0.6 is 0 Å². The Hall–Kier alpha value is -1.59. The first-order valence-electron chi connectivity index (χ1n) is 4.35. The molecule has 0 aromatic rings. The monoisotopic (exact) mass is 216 g/mol. The number of rotatable bonds is 5. The molecule has 6 heteroatoms. The first-order chi connectivity index (χ1) is 6.93. The summed E-state index contributed by atoms with van der Waals surface area (Å²) in [5.74, 6) is -1.18. The number of ether oxygens (including phenoxy) is 2. The van der Waals surface area contributed by atoms with Gasteiger partial charge in [-0.25, -0.2) is 4.79 Å². The van der Waals surface area contributed by atoms with Gasteiger partial charge in [-0.1, -0.05) is 13.8 Å². The van der Waals surface area contributed by atoms with Crippen LogP contribution in [0.15, 0.2) is 0 Å². The van der Waals surface area contributed by atoms with Gasteiger partial charge in [-0.3, -0.25) is 9.59 Å². The number of Topliss-reactive ketones (excluding diaryl/α,β-unsaturated/α-hetero) is 1. The van der Waals surface area contributed by atoms with E-state index in [2.05, 4.69) is 21.7 Å². The summed E-state index contributed by atoms with van der Waals surface area (Å²) in [5.41, 5.74) is 0. The molecule has 6 nitrogen and oxygen atoms in total. The number of amides is 1. The predicted octanol–water partition coefficient (Wildman–Crippen LogP) is 0.272. The van der Waals surface area contributed by atoms with E-state index >= 15 is 0 Å². The van der Waals surface area contributed by atoms with Gasteiger partial charge in [-0.2, -0.15) is 0 Å². The zero-order valence-corrected chi connectivity index (χ0v) is 8.74. The Morgan fingerprint density at radius 1 is 1.27 bits per heavy atom. The van der Waals surface area contributed by atoms with Gasteiger partial charge in [0.2, 0.25) is 6.79 Å². The summed E-state index contributed by atoms with van der Waals surface area (Å²) >= 11 is 0. The van der Waals surface area contributed by atoms with Gasteiger partial charge in [-0.15, -0.1) is 0 Å². The SMILES string of the molecule is [CH2]C(=O)CNC(=O)OCOC(=O)C(C)C. The minimum atomic E-state index is -0.830. The molecule has 0 aliphatic rings. The van der Waals surface area contributed by atoms with E-state index < -0.39 is 24.6 Å². The second-order valence-corrected chi connectivity index (χ2v) is 3.06. The molecule has 15 heavy (non-hydrogen) atoms. The molecule has 0 bridgehead atoms. The summed E-state index contributed by atoms with van der Waals surface area (Å²) < 4.78 is 9.00. The van der Waals surface area contributed by atoms with E-state index in [1.807, 2.05) is 0 Å². The fraction of sp³-hybridized carbons (Fsp3) is 0.556. The summed E-state index contributed by atoms with van der Waals surface area (Å²) in [6, 6.07) is 0. The summed E-state index contributed by atoms with van der Waals surface area (Å²) in [7, 11) is 0. The number of hydrogen-bond donors (Lipinski definition) is 1. The number of carbonyl (C=O) groups excluding carboxylic acids is 3. The summed E-state index contributed by atoms with van der Waals surface area (Å²) in [6.45, 7) is 5.69. The molecule has 85 valence electrons. The lowest BCUT2D eigenvalue weighted by Gasteiger charge is -2.07. The van der Waals surface area contributed by atoms with Crippen molar-refractivity contribution in [3.8, 4) is 0 Å². The first kappa shape index (κ1) is 13.4. The van der Waals surface area contributed by atoms with Crippen LogP contribution in [0.2, 0.25) is 0 Å². The maximum atomic E-state index is 10.9. The van der Waals surface area contributed by atoms with Gasteiger partial charge in [0.1, 0.15) is 0 Å². The summed E-state index contributed by atoms with van der Waals surface area (Å²) in [5, 5.41) is 2.12. The van der Waals surface area contributed by atoms with Crippen LogP contribution < -0.4 is 5.32 Å². The van der Waals surface area contributed by atoms with E-state index in [4.69, 9.17) is 0 Å². The molecule has 1 amide bonds. The Morgan fingerprint density at radius 2 is 1.87 bits per heavy atom. The third kappa shape index (κ3) is 7.48. The van der Waals surface area contributed by atoms with Crippen LogP contribution in [0.4, 0.5) is 4.79 Å². The molecule has 1 radical (unpaired) electrons. The van der Waals surface area contributed by atoms with Crippen molar-refractivity contribution in [3.05, 3.63) is 6.92 Å². The average Bonchev–Trinajstić information content (AvgIpc) is 2.14. The minimum Gasteiger partial charge on any atom is -0.428 e. The van der Waals surface area contributed by atoms with Gasteiger partial charge >= 0.3 is 12.1 Å². The van der Waals surface area contributed by atoms with Crippen molar-refractivity contribution < 1.29 is 23.9 Å². The van der Waals surface area contributed by atoms with E-state index in [9.17, 15) is 14.4 Å². The topological polar surface area (TPSA) is 81.7 Å². The highest BCUT2D eigenvalue weighted by molar-refractivity contribution is 5.87. The zero-order valence-electron chi connectivity index (χ0n) is 8.74. The van der Waals surface area contributed by atoms with Crippen LogP contribution in [0, 0.1) is 12.8 Å². The van der Waals surface area contributed by atoms with Crippen LogP contribution in [0.1, 0.15) is 13.8 Å². The van der Waals surface area contributed by atoms with Crippen molar-refractivity contribution in [2.75, 3.05) is 13.3 Å². The van der Waals surface area contributed by atoms with E-state index in [1.165, 1.54) is 0 Å². The maximum absolute atomic E-state index is 10.9. The lowest BCUT2D eigenvalue weighted by molar-refractivity contribution is -0.155. The molecule has 0 atom stereocenters. The number of hydrogen-bond acceptors (Lipinski definition) is 5. The number of alkyl carbamates (subject to hydrolysis) is 1. The molecule has 0 aromatic carbocycles. The van der Waals surface area contributed by atoms with E-state index in [1.54, 1.807) is 13.8 Å². The zero-order chi connectivity index (χ0) is 11.8. The number of esters is 1. The molecule has 0 aromatic heterocycles. The smallest absolute Gasteiger partial charge is 0.410 e. The molecule has 0 spiro atoms. The maximum Gasteiger partial charge on any atom is 0.410 e. The predicted molar refractivity (Wildman–Crippen MR) is 50.6 cm³/mol. The van der Waals surface area contributed by atoms with Gasteiger partial charge in [0.05, 0.1) is 12.5 Å². The quantitative estimate of drug-likeness (QED) is 0.527. The van der Waals surface area contributed by atoms with E-state index in [0.29, 0.717) is 0 Å². The first-order valence-corrected chi connectivity index (χ1v) is 4.35. The highest BCUT2D eigenvalue weighted by Crippen LogP contribution is 1.95. The molecular formula is C9H14NO5. The van der Waals surface area contributed by atoms with Gasteiger partial charge in [0.25, 0.3) is 0 Å². The molecule has 1 N–H and O–H groups in total. The highest BCUT2D eigenvalue weighted by Gasteiger charge is 2.09. The van der Waals surface area contributed by atoms with Gasteiger partial charge in [-0.05, 0) is 0 Å². The molecule has 0 aliphatic heterocycles. The lowest BCUT2D eigenvalue weighted by atomic mass is 10.2. The minimum absolute atomic E-state index is 0.211. The average molecular weight is 216 g/mol. The summed E-state index contributed by atoms with van der Waals surface area (Å²) in [6.07, 6.45) is -0.830. The Bertz CT molecular complexity index is 249. The molecule has 0 aliphatic carbocycles. The van der Waals surface area contributed by atoms with Crippen molar-refractivity contribution in [2.24, 2.45) is 5.92 Å². The lowest BCUT2D eigenvalue weighted by Crippen LogP contribution is -2.30. The second-order valence-electron chi connectivity index (χ2n) is 3.06. The standard InChI is InChI=1S/C9H14NO5/c1-6(2)8(12)14-5-15-9(13)10-4-7(3)11/h6H,3-5H2,1-2H3,(H,10,13). The van der Waals surface area contributed by atoms with Gasteiger partial charge < -0.3 is 14.8 Å². The van der Waals surface area contributed by atoms with E-state index in [-0.39, 0.29) is 12.5 Å². The van der Waals surface area contributed by atoms with Crippen LogP contribution in [0.3, 0.4) is 0 Å². The van der Waals surface area contributed by atoms with Gasteiger partial charge in [0, 0.05) is 6.92 Å². The van der Waals surface area contributed by atoms with Crippen molar-refractivity contribution in [2.45, 2.75) is 13.8 Å². The van der Waals surface area contributed by atoms with Crippen molar-refractivity contribution in [1.29, 1.82) is 0 Å². The van der Waals surface area contributed by atoms with Crippen molar-refractivity contribution >= 4 is 17.8 Å². The van der Waals surface area contributed by atoms with Crippen LogP contribution in [0.25, 0.3) is 0 Å². The highest BCUT2D eigenvalue weighted by atomic mass is 16.7. The Morgan fingerprint density at radius 3 is 2.33 bits per heavy atom. The summed E-state index contributed by atoms with van der Waals surface area (Å²) in [4.78, 5) is 32.0. The Kier molecular flexibility index (Phi) is 6.08. The molecule has 0 rings (SSSR count). The number of nitrogens with one attached hydrogen (secondary N) is 1. The fourth-order valence-corrected chi connectivity index (χ4v) is 0.530. The molecule has 0 heterocycles. The number of carbonyl (C=O) groups is 3. The molecule has 0 fully saturated rings. The van der Waals surface area contributed by atoms with Crippen molar-refractivity contribution in [3.63, 3.8) is 0 Å². The van der Waals surface area contributed by atoms with Crippen molar-refractivity contribution in [1.82, 2.24) is 5.32 Å². The third-order valence-corrected chi connectivity index (χ3v) is 1.29. The molecular weight excluding hydrogens is 202 g/mol. The number of ketones is 1.